The van der Waals surface area contributed by atoms with Crippen molar-refractivity contribution in [1.29, 1.82) is 0 Å². The van der Waals surface area contributed by atoms with Gasteiger partial charge in [0.25, 0.3) is 0 Å². The topological polar surface area (TPSA) is 86.7 Å². The summed E-state index contributed by atoms with van der Waals surface area (Å²) in [4.78, 5) is 12.9. The minimum Gasteiger partial charge on any atom is -0.478 e. The lowest BCUT2D eigenvalue weighted by molar-refractivity contribution is 0.0697. The van der Waals surface area contributed by atoms with Gasteiger partial charge in [0.15, 0.2) is 0 Å². The van der Waals surface area contributed by atoms with Crippen molar-refractivity contribution >= 4 is 27.3 Å². The van der Waals surface area contributed by atoms with Gasteiger partial charge in [-0.15, -0.1) is 11.3 Å². The Labute approximate surface area is 152 Å². The minimum absolute atomic E-state index is 0.00346. The molecule has 1 unspecified atom stereocenters. The van der Waals surface area contributed by atoms with Gasteiger partial charge in [-0.1, -0.05) is 31.2 Å². The SMILES string of the molecule is CCc1ccc(C(CNS(=O)(=O)c2cc(C(=O)O)cs2)N(C)C)cc1. The summed E-state index contributed by atoms with van der Waals surface area (Å²) in [5.74, 6) is -1.14. The highest BCUT2D eigenvalue weighted by Crippen LogP contribution is 2.22. The van der Waals surface area contributed by atoms with E-state index in [-0.39, 0.29) is 22.4 Å². The number of nitrogens with one attached hydrogen (secondary N) is 1. The molecule has 0 aliphatic rings. The highest BCUT2D eigenvalue weighted by atomic mass is 32.2. The molecule has 1 heterocycles. The van der Waals surface area contributed by atoms with Gasteiger partial charge in [-0.3, -0.25) is 0 Å². The molecule has 2 rings (SSSR count). The second-order valence-electron chi connectivity index (χ2n) is 5.89. The molecule has 8 heteroatoms. The number of thiophene rings is 1. The van der Waals surface area contributed by atoms with Gasteiger partial charge in [-0.05, 0) is 37.7 Å². The van der Waals surface area contributed by atoms with Crippen LogP contribution in [0.4, 0.5) is 0 Å². The molecule has 0 bridgehead atoms. The minimum atomic E-state index is -3.74. The number of carboxylic acids is 1. The highest BCUT2D eigenvalue weighted by Gasteiger charge is 2.22. The van der Waals surface area contributed by atoms with Crippen LogP contribution >= 0.6 is 11.3 Å². The summed E-state index contributed by atoms with van der Waals surface area (Å²) >= 11 is 0.901. The molecule has 2 aromatic rings. The van der Waals surface area contributed by atoms with E-state index in [2.05, 4.69) is 11.6 Å². The van der Waals surface area contributed by atoms with Crippen LogP contribution in [0, 0.1) is 0 Å². The normalized spacial score (nSPS) is 13.1. The maximum Gasteiger partial charge on any atom is 0.336 e. The summed E-state index contributed by atoms with van der Waals surface area (Å²) in [7, 11) is 0.0347. The van der Waals surface area contributed by atoms with Crippen molar-refractivity contribution in [3.05, 3.63) is 52.4 Å². The lowest BCUT2D eigenvalue weighted by atomic mass is 10.0. The average molecular weight is 383 g/mol. The molecule has 1 aromatic carbocycles. The zero-order chi connectivity index (χ0) is 18.6. The Bertz CT molecular complexity index is 827. The fraction of sp³-hybridized carbons (Fsp3) is 0.353. The highest BCUT2D eigenvalue weighted by molar-refractivity contribution is 7.91. The Hall–Kier alpha value is -1.74. The van der Waals surface area contributed by atoms with Gasteiger partial charge in [0.1, 0.15) is 4.21 Å². The summed E-state index contributed by atoms with van der Waals surface area (Å²) in [6, 6.07) is 9.14. The lowest BCUT2D eigenvalue weighted by Gasteiger charge is -2.25. The van der Waals surface area contributed by atoms with Crippen LogP contribution in [0.3, 0.4) is 0 Å². The molecule has 136 valence electrons. The van der Waals surface area contributed by atoms with Crippen molar-refractivity contribution in [1.82, 2.24) is 9.62 Å². The van der Waals surface area contributed by atoms with Crippen LogP contribution in [-0.2, 0) is 16.4 Å². The maximum atomic E-state index is 12.4. The Morgan fingerprint density at radius 3 is 2.40 bits per heavy atom. The quantitative estimate of drug-likeness (QED) is 0.733. The van der Waals surface area contributed by atoms with E-state index in [0.717, 1.165) is 23.3 Å². The number of sulfonamides is 1. The van der Waals surface area contributed by atoms with Gasteiger partial charge in [0.05, 0.1) is 5.56 Å². The average Bonchev–Trinajstić information content (AvgIpc) is 3.06. The van der Waals surface area contributed by atoms with Crippen LogP contribution < -0.4 is 4.72 Å². The molecule has 6 nitrogen and oxygen atoms in total. The van der Waals surface area contributed by atoms with Gasteiger partial charge < -0.3 is 10.0 Å². The summed E-state index contributed by atoms with van der Waals surface area (Å²) in [6.45, 7) is 2.28. The third-order valence-electron chi connectivity index (χ3n) is 3.95. The molecule has 0 aliphatic carbocycles. The van der Waals surface area contributed by atoms with Crippen molar-refractivity contribution in [2.45, 2.75) is 23.6 Å². The van der Waals surface area contributed by atoms with Gasteiger partial charge >= 0.3 is 5.97 Å². The summed E-state index contributed by atoms with van der Waals surface area (Å²) < 4.78 is 27.4. The molecule has 0 amide bonds. The number of rotatable bonds is 8. The second kappa shape index (κ2) is 8.09. The summed E-state index contributed by atoms with van der Waals surface area (Å²) in [5, 5.41) is 10.3. The van der Waals surface area contributed by atoms with Crippen LogP contribution in [0.5, 0.6) is 0 Å². The monoisotopic (exact) mass is 382 g/mol. The third kappa shape index (κ3) is 4.88. The van der Waals surface area contributed by atoms with E-state index in [0.29, 0.717) is 0 Å². The predicted molar refractivity (Wildman–Crippen MR) is 98.7 cm³/mol. The molecule has 0 fully saturated rings. The van der Waals surface area contributed by atoms with Gasteiger partial charge in [-0.25, -0.2) is 17.9 Å². The third-order valence-corrected chi connectivity index (χ3v) is 6.81. The number of likely N-dealkylation sites (N-methyl/N-ethyl adjacent to an activating group) is 1. The summed E-state index contributed by atoms with van der Waals surface area (Å²) in [5.41, 5.74) is 2.22. The van der Waals surface area contributed by atoms with Crippen molar-refractivity contribution in [2.24, 2.45) is 0 Å². The summed E-state index contributed by atoms with van der Waals surface area (Å²) in [6.07, 6.45) is 0.948. The first-order valence-corrected chi connectivity index (χ1v) is 10.2. The Balaban J connectivity index is 2.15. The number of carboxylic acid groups (broad SMARTS) is 1. The van der Waals surface area contributed by atoms with Gasteiger partial charge in [-0.2, -0.15) is 0 Å². The molecule has 0 spiro atoms. The van der Waals surface area contributed by atoms with Gasteiger partial charge in [0, 0.05) is 18.0 Å². The van der Waals surface area contributed by atoms with Crippen molar-refractivity contribution in [2.75, 3.05) is 20.6 Å². The Morgan fingerprint density at radius 1 is 1.28 bits per heavy atom. The number of hydrogen-bond donors (Lipinski definition) is 2. The molecular formula is C17H22N2O4S2. The zero-order valence-electron chi connectivity index (χ0n) is 14.4. The molecule has 1 aromatic heterocycles. The van der Waals surface area contributed by atoms with Crippen LogP contribution in [0.1, 0.15) is 34.5 Å². The molecule has 2 N–H and O–H groups in total. The smallest absolute Gasteiger partial charge is 0.336 e. The van der Waals surface area contributed by atoms with E-state index < -0.39 is 16.0 Å². The van der Waals surface area contributed by atoms with Crippen molar-refractivity contribution < 1.29 is 18.3 Å². The van der Waals surface area contributed by atoms with Crippen molar-refractivity contribution in [3.8, 4) is 0 Å². The van der Waals surface area contributed by atoms with E-state index in [1.807, 2.05) is 43.3 Å². The number of benzene rings is 1. The second-order valence-corrected chi connectivity index (χ2v) is 8.79. The van der Waals surface area contributed by atoms with E-state index in [9.17, 15) is 13.2 Å². The van der Waals surface area contributed by atoms with Crippen LogP contribution in [0.15, 0.2) is 39.9 Å². The largest absolute Gasteiger partial charge is 0.478 e. The maximum absolute atomic E-state index is 12.4. The Kier molecular flexibility index (Phi) is 6.34. The number of nitrogens with zero attached hydrogens (tertiary/aromatic N) is 1. The zero-order valence-corrected chi connectivity index (χ0v) is 16.0. The number of carbonyl (C=O) groups is 1. The first kappa shape index (κ1) is 19.6. The number of aromatic carboxylic acids is 1. The molecule has 0 aliphatic heterocycles. The van der Waals surface area contributed by atoms with E-state index in [4.69, 9.17) is 5.11 Å². The predicted octanol–water partition coefficient (Wildman–Crippen LogP) is 2.59. The number of hydrogen-bond acceptors (Lipinski definition) is 5. The van der Waals surface area contributed by atoms with E-state index >= 15 is 0 Å². The van der Waals surface area contributed by atoms with Crippen LogP contribution in [-0.4, -0.2) is 45.0 Å². The molecule has 0 radical (unpaired) electrons. The van der Waals surface area contributed by atoms with Crippen molar-refractivity contribution in [3.63, 3.8) is 0 Å². The Morgan fingerprint density at radius 2 is 1.92 bits per heavy atom. The standard InChI is InChI=1S/C17H22N2O4S2/c1-4-12-5-7-13(8-6-12)15(19(2)3)10-18-25(22,23)16-9-14(11-24-16)17(20)21/h5-9,11,15,18H,4,10H2,1-3H3,(H,20,21). The molecule has 0 saturated carbocycles. The number of aryl methyl sites for hydroxylation is 1. The molecule has 0 saturated heterocycles. The first-order valence-electron chi connectivity index (χ1n) is 7.81. The van der Waals surface area contributed by atoms with Crippen LogP contribution in [0.25, 0.3) is 0 Å². The first-order chi connectivity index (χ1) is 11.7. The fourth-order valence-corrected chi connectivity index (χ4v) is 4.64. The van der Waals surface area contributed by atoms with Gasteiger partial charge in [0.2, 0.25) is 10.0 Å². The molecule has 25 heavy (non-hydrogen) atoms. The van der Waals surface area contributed by atoms with E-state index in [1.54, 1.807) is 0 Å². The van der Waals surface area contributed by atoms with E-state index in [1.165, 1.54) is 17.0 Å². The molecular weight excluding hydrogens is 360 g/mol. The van der Waals surface area contributed by atoms with Crippen LogP contribution in [0.2, 0.25) is 0 Å². The fourth-order valence-electron chi connectivity index (χ4n) is 2.40. The molecule has 1 atom stereocenters. The lowest BCUT2D eigenvalue weighted by Crippen LogP contribution is -2.34.